The minimum Gasteiger partial charge on any atom is -0.356 e. The van der Waals surface area contributed by atoms with Crippen LogP contribution >= 0.6 is 0 Å². The van der Waals surface area contributed by atoms with Crippen molar-refractivity contribution in [2.45, 2.75) is 90.5 Å². The van der Waals surface area contributed by atoms with Crippen molar-refractivity contribution in [3.63, 3.8) is 0 Å². The zero-order valence-corrected chi connectivity index (χ0v) is 18.8. The number of carbonyl (C=O) groups excluding carboxylic acids is 1. The number of quaternary nitrogens is 1. The Morgan fingerprint density at radius 3 is 2.00 bits per heavy atom. The topological polar surface area (TPSA) is 29.1 Å². The molecule has 0 saturated heterocycles. The summed E-state index contributed by atoms with van der Waals surface area (Å²) in [4.78, 5) is 12.0. The van der Waals surface area contributed by atoms with Crippen LogP contribution in [0.1, 0.15) is 89.5 Å². The zero-order chi connectivity index (χ0) is 20.5. The molecule has 1 aromatic rings. The summed E-state index contributed by atoms with van der Waals surface area (Å²) in [7, 11) is 4.53. The van der Waals surface area contributed by atoms with Gasteiger partial charge in [0.05, 0.1) is 20.6 Å². The van der Waals surface area contributed by atoms with Crippen molar-refractivity contribution >= 4 is 5.91 Å². The first-order valence-corrected chi connectivity index (χ1v) is 11.7. The van der Waals surface area contributed by atoms with Crippen molar-refractivity contribution in [2.75, 3.05) is 27.2 Å². The van der Waals surface area contributed by atoms with E-state index >= 15 is 0 Å². The molecule has 0 fully saturated rings. The second-order valence-corrected chi connectivity index (χ2v) is 8.94. The lowest BCUT2D eigenvalue weighted by Gasteiger charge is -2.30. The van der Waals surface area contributed by atoms with Gasteiger partial charge in [0.15, 0.2) is 0 Å². The summed E-state index contributed by atoms with van der Waals surface area (Å²) in [5, 5.41) is 3.10. The molecule has 1 rings (SSSR count). The summed E-state index contributed by atoms with van der Waals surface area (Å²) in [6, 6.07) is 10.6. The van der Waals surface area contributed by atoms with Gasteiger partial charge >= 0.3 is 0 Å². The maximum absolute atomic E-state index is 12.0. The molecule has 0 aromatic heterocycles. The molecule has 3 heteroatoms. The highest BCUT2D eigenvalue weighted by Crippen LogP contribution is 2.12. The molecule has 1 N–H and O–H groups in total. The van der Waals surface area contributed by atoms with Gasteiger partial charge in [0.25, 0.3) is 0 Å². The number of hydrogen-bond acceptors (Lipinski definition) is 1. The van der Waals surface area contributed by atoms with Crippen molar-refractivity contribution in [3.05, 3.63) is 35.9 Å². The molecule has 160 valence electrons. The Bertz CT molecular complexity index is 499. The fraction of sp³-hybridized carbons (Fsp3) is 0.720. The van der Waals surface area contributed by atoms with Gasteiger partial charge in [-0.15, -0.1) is 0 Å². The van der Waals surface area contributed by atoms with Crippen LogP contribution in [-0.2, 0) is 11.3 Å². The maximum atomic E-state index is 12.0. The molecule has 0 aliphatic heterocycles. The standard InChI is InChI=1S/C25H44N2O/c1-4-5-6-7-8-9-10-11-12-16-20-25(28)26-21-17-22-27(2,3)23-24-18-14-13-15-19-24/h13-15,18-19H,4-12,16-17,20-23H2,1-3H3/p+1. The Labute approximate surface area is 174 Å². The van der Waals surface area contributed by atoms with Crippen molar-refractivity contribution in [1.29, 1.82) is 0 Å². The SMILES string of the molecule is CCCCCCCCCCCCC(=O)NCCC[N+](C)(C)Cc1ccccc1. The lowest BCUT2D eigenvalue weighted by molar-refractivity contribution is -0.903. The van der Waals surface area contributed by atoms with Crippen molar-refractivity contribution in [1.82, 2.24) is 5.32 Å². The first kappa shape index (κ1) is 24.7. The third kappa shape index (κ3) is 13.8. The molecule has 3 nitrogen and oxygen atoms in total. The Balaban J connectivity index is 1.95. The third-order valence-corrected chi connectivity index (χ3v) is 5.47. The smallest absolute Gasteiger partial charge is 0.219 e. The number of nitrogens with one attached hydrogen (secondary N) is 1. The van der Waals surface area contributed by atoms with Gasteiger partial charge in [0, 0.05) is 24.9 Å². The Kier molecular flexibility index (Phi) is 13.7. The largest absolute Gasteiger partial charge is 0.356 e. The predicted molar refractivity (Wildman–Crippen MR) is 121 cm³/mol. The Morgan fingerprint density at radius 1 is 0.821 bits per heavy atom. The average Bonchev–Trinajstić information content (AvgIpc) is 2.67. The zero-order valence-electron chi connectivity index (χ0n) is 18.8. The van der Waals surface area contributed by atoms with Gasteiger partial charge in [-0.1, -0.05) is 95.0 Å². The van der Waals surface area contributed by atoms with E-state index in [1.807, 2.05) is 0 Å². The number of nitrogens with zero attached hydrogens (tertiary/aromatic N) is 1. The van der Waals surface area contributed by atoms with Crippen molar-refractivity contribution in [3.8, 4) is 0 Å². The molecule has 0 aliphatic rings. The van der Waals surface area contributed by atoms with Crippen molar-refractivity contribution < 1.29 is 9.28 Å². The lowest BCUT2D eigenvalue weighted by atomic mass is 10.1. The summed E-state index contributed by atoms with van der Waals surface area (Å²) >= 11 is 0. The molecule has 1 amide bonds. The molecule has 0 unspecified atom stereocenters. The predicted octanol–water partition coefficient (Wildman–Crippen LogP) is 6.08. The van der Waals surface area contributed by atoms with Crippen molar-refractivity contribution in [2.24, 2.45) is 0 Å². The van der Waals surface area contributed by atoms with Gasteiger partial charge in [-0.2, -0.15) is 0 Å². The first-order valence-electron chi connectivity index (χ1n) is 11.7. The number of rotatable bonds is 17. The number of carbonyl (C=O) groups is 1. The van der Waals surface area contributed by atoms with E-state index in [0.29, 0.717) is 6.42 Å². The van der Waals surface area contributed by atoms with E-state index in [9.17, 15) is 4.79 Å². The molecule has 0 radical (unpaired) electrons. The van der Waals surface area contributed by atoms with Gasteiger partial charge in [0.1, 0.15) is 6.54 Å². The fourth-order valence-electron chi connectivity index (χ4n) is 3.75. The molecular formula is C25H45N2O+. The van der Waals surface area contributed by atoms with Crippen LogP contribution in [0.3, 0.4) is 0 Å². The summed E-state index contributed by atoms with van der Waals surface area (Å²) < 4.78 is 0.957. The quantitative estimate of drug-likeness (QED) is 0.254. The fourth-order valence-corrected chi connectivity index (χ4v) is 3.75. The van der Waals surface area contributed by atoms with E-state index in [4.69, 9.17) is 0 Å². The molecule has 0 bridgehead atoms. The summed E-state index contributed by atoms with van der Waals surface area (Å²) in [5.41, 5.74) is 1.37. The molecule has 0 atom stereocenters. The van der Waals surface area contributed by atoms with Crippen LogP contribution in [0.25, 0.3) is 0 Å². The molecule has 0 spiro atoms. The number of benzene rings is 1. The van der Waals surface area contributed by atoms with Crippen LogP contribution in [0, 0.1) is 0 Å². The van der Waals surface area contributed by atoms with Crippen LogP contribution in [0.15, 0.2) is 30.3 Å². The van der Waals surface area contributed by atoms with Gasteiger partial charge in [-0.05, 0) is 6.42 Å². The minimum atomic E-state index is 0.230. The number of unbranched alkanes of at least 4 members (excludes halogenated alkanes) is 9. The van der Waals surface area contributed by atoms with E-state index < -0.39 is 0 Å². The third-order valence-electron chi connectivity index (χ3n) is 5.47. The second kappa shape index (κ2) is 15.6. The van der Waals surface area contributed by atoms with Crippen LogP contribution < -0.4 is 5.32 Å². The summed E-state index contributed by atoms with van der Waals surface area (Å²) in [5.74, 6) is 0.230. The van der Waals surface area contributed by atoms with Crippen LogP contribution in [0.5, 0.6) is 0 Å². The molecule has 1 aromatic carbocycles. The van der Waals surface area contributed by atoms with Crippen LogP contribution in [-0.4, -0.2) is 37.6 Å². The normalized spacial score (nSPS) is 11.5. The number of hydrogen-bond donors (Lipinski definition) is 1. The second-order valence-electron chi connectivity index (χ2n) is 8.94. The summed E-state index contributed by atoms with van der Waals surface area (Å²) in [6.45, 7) is 5.18. The van der Waals surface area contributed by atoms with E-state index in [2.05, 4.69) is 56.7 Å². The van der Waals surface area contributed by atoms with Gasteiger partial charge in [-0.25, -0.2) is 0 Å². The van der Waals surface area contributed by atoms with E-state index in [-0.39, 0.29) is 5.91 Å². The van der Waals surface area contributed by atoms with Crippen LogP contribution in [0.4, 0.5) is 0 Å². The van der Waals surface area contributed by atoms with Crippen LogP contribution in [0.2, 0.25) is 0 Å². The van der Waals surface area contributed by atoms with E-state index in [1.54, 1.807) is 0 Å². The molecule has 28 heavy (non-hydrogen) atoms. The van der Waals surface area contributed by atoms with Gasteiger partial charge in [-0.3, -0.25) is 4.79 Å². The highest BCUT2D eigenvalue weighted by Gasteiger charge is 2.15. The lowest BCUT2D eigenvalue weighted by Crippen LogP contribution is -2.41. The highest BCUT2D eigenvalue weighted by atomic mass is 16.1. The monoisotopic (exact) mass is 389 g/mol. The molecular weight excluding hydrogens is 344 g/mol. The number of amides is 1. The molecule has 0 saturated carbocycles. The molecule has 0 heterocycles. The van der Waals surface area contributed by atoms with E-state index in [1.165, 1.54) is 63.4 Å². The average molecular weight is 390 g/mol. The maximum Gasteiger partial charge on any atom is 0.219 e. The van der Waals surface area contributed by atoms with Gasteiger partial charge < -0.3 is 9.80 Å². The minimum absolute atomic E-state index is 0.230. The molecule has 0 aliphatic carbocycles. The Hall–Kier alpha value is -1.35. The summed E-state index contributed by atoms with van der Waals surface area (Å²) in [6.07, 6.45) is 14.9. The van der Waals surface area contributed by atoms with Gasteiger partial charge in [0.2, 0.25) is 5.91 Å². The Morgan fingerprint density at radius 2 is 1.39 bits per heavy atom. The first-order chi connectivity index (χ1) is 13.5. The highest BCUT2D eigenvalue weighted by molar-refractivity contribution is 5.75. The van der Waals surface area contributed by atoms with E-state index in [0.717, 1.165) is 37.0 Å².